The number of non-ortho nitro benzene ring substituents is 1. The van der Waals surface area contributed by atoms with Gasteiger partial charge in [-0.25, -0.2) is 0 Å². The molecule has 0 N–H and O–H groups in total. The number of nitro benzene ring substituents is 1. The Balaban J connectivity index is 2.09. The number of aryl methyl sites for hydroxylation is 1. The van der Waals surface area contributed by atoms with E-state index in [4.69, 9.17) is 4.74 Å². The van der Waals surface area contributed by atoms with E-state index in [9.17, 15) is 14.9 Å². The van der Waals surface area contributed by atoms with Crippen LogP contribution in [0.1, 0.15) is 21.7 Å². The number of aromatic nitrogens is 1. The second kappa shape index (κ2) is 5.78. The van der Waals surface area contributed by atoms with E-state index in [1.807, 2.05) is 31.5 Å². The summed E-state index contributed by atoms with van der Waals surface area (Å²) in [5.74, 6) is 0.158. The van der Waals surface area contributed by atoms with Crippen LogP contribution in [0, 0.1) is 24.0 Å². The lowest BCUT2D eigenvalue weighted by Crippen LogP contribution is -2.12. The second-order valence-electron chi connectivity index (χ2n) is 4.81. The third kappa shape index (κ3) is 3.10. The molecule has 1 aromatic heterocycles. The summed E-state index contributed by atoms with van der Waals surface area (Å²) in [5.41, 5.74) is 2.42. The first-order valence-electron chi connectivity index (χ1n) is 6.43. The summed E-state index contributed by atoms with van der Waals surface area (Å²) in [7, 11) is 1.89. The Morgan fingerprint density at radius 1 is 1.33 bits per heavy atom. The minimum atomic E-state index is -0.501. The van der Waals surface area contributed by atoms with E-state index in [1.165, 1.54) is 18.2 Å². The molecule has 0 aliphatic rings. The fraction of sp³-hybridized carbons (Fsp3) is 0.267. The van der Waals surface area contributed by atoms with Gasteiger partial charge in [-0.15, -0.1) is 0 Å². The minimum Gasteiger partial charge on any atom is -0.485 e. The van der Waals surface area contributed by atoms with Crippen molar-refractivity contribution in [2.45, 2.75) is 13.8 Å². The highest BCUT2D eigenvalue weighted by molar-refractivity contribution is 5.98. The molecule has 1 aromatic carbocycles. The Bertz CT molecular complexity index is 704. The van der Waals surface area contributed by atoms with Gasteiger partial charge in [0.1, 0.15) is 5.75 Å². The topological polar surface area (TPSA) is 74.4 Å². The van der Waals surface area contributed by atoms with Crippen LogP contribution in [0.4, 0.5) is 5.69 Å². The van der Waals surface area contributed by atoms with Gasteiger partial charge in [-0.1, -0.05) is 6.07 Å². The molecule has 110 valence electrons. The molecule has 0 unspecified atom stereocenters. The number of ketones is 1. The van der Waals surface area contributed by atoms with E-state index in [1.54, 1.807) is 6.07 Å². The monoisotopic (exact) mass is 288 g/mol. The van der Waals surface area contributed by atoms with Crippen LogP contribution in [-0.2, 0) is 7.05 Å². The summed E-state index contributed by atoms with van der Waals surface area (Å²) in [4.78, 5) is 22.3. The smallest absolute Gasteiger partial charge is 0.273 e. The van der Waals surface area contributed by atoms with Crippen molar-refractivity contribution in [2.75, 3.05) is 6.61 Å². The number of carbonyl (C=O) groups excluding carboxylic acids is 1. The van der Waals surface area contributed by atoms with Gasteiger partial charge in [0.05, 0.1) is 11.0 Å². The summed E-state index contributed by atoms with van der Waals surface area (Å²) < 4.78 is 7.29. The van der Waals surface area contributed by atoms with Gasteiger partial charge in [0, 0.05) is 30.1 Å². The molecule has 0 aliphatic heterocycles. The highest BCUT2D eigenvalue weighted by atomic mass is 16.6. The van der Waals surface area contributed by atoms with E-state index in [2.05, 4.69) is 0 Å². The van der Waals surface area contributed by atoms with E-state index < -0.39 is 4.92 Å². The van der Waals surface area contributed by atoms with Crippen molar-refractivity contribution in [2.24, 2.45) is 7.05 Å². The van der Waals surface area contributed by atoms with Crippen LogP contribution in [0.2, 0.25) is 0 Å². The first-order valence-corrected chi connectivity index (χ1v) is 6.43. The predicted molar refractivity (Wildman–Crippen MR) is 77.8 cm³/mol. The van der Waals surface area contributed by atoms with Crippen molar-refractivity contribution < 1.29 is 14.5 Å². The largest absolute Gasteiger partial charge is 0.485 e. The molecule has 6 heteroatoms. The Morgan fingerprint density at radius 2 is 2.05 bits per heavy atom. The Hall–Kier alpha value is -2.63. The van der Waals surface area contributed by atoms with Crippen molar-refractivity contribution in [3.8, 4) is 5.75 Å². The zero-order chi connectivity index (χ0) is 15.6. The number of benzene rings is 1. The number of carbonyl (C=O) groups is 1. The predicted octanol–water partition coefficient (Wildman–Crippen LogP) is 2.81. The zero-order valence-corrected chi connectivity index (χ0v) is 12.1. The van der Waals surface area contributed by atoms with Crippen LogP contribution in [0.25, 0.3) is 0 Å². The van der Waals surface area contributed by atoms with Gasteiger partial charge < -0.3 is 9.30 Å². The quantitative estimate of drug-likeness (QED) is 0.481. The van der Waals surface area contributed by atoms with Crippen LogP contribution in [-0.4, -0.2) is 21.9 Å². The second-order valence-corrected chi connectivity index (χ2v) is 4.81. The molecule has 0 saturated heterocycles. The highest BCUT2D eigenvalue weighted by Crippen LogP contribution is 2.20. The van der Waals surface area contributed by atoms with Gasteiger partial charge in [-0.2, -0.15) is 0 Å². The van der Waals surface area contributed by atoms with Crippen LogP contribution >= 0.6 is 0 Å². The van der Waals surface area contributed by atoms with Gasteiger partial charge in [-0.3, -0.25) is 14.9 Å². The summed E-state index contributed by atoms with van der Waals surface area (Å²) >= 11 is 0. The van der Waals surface area contributed by atoms with Crippen molar-refractivity contribution in [3.63, 3.8) is 0 Å². The molecule has 1 heterocycles. The van der Waals surface area contributed by atoms with E-state index in [-0.39, 0.29) is 18.1 Å². The van der Waals surface area contributed by atoms with Gasteiger partial charge in [0.15, 0.2) is 6.61 Å². The van der Waals surface area contributed by atoms with Crippen LogP contribution in [0.3, 0.4) is 0 Å². The van der Waals surface area contributed by atoms with Gasteiger partial charge in [0.2, 0.25) is 5.78 Å². The Labute approximate surface area is 122 Å². The molecular weight excluding hydrogens is 272 g/mol. The minimum absolute atomic E-state index is 0.0633. The standard InChI is InChI=1S/C15H16N2O4/c1-10-7-14(11(2)16(10)3)15(18)9-21-13-6-4-5-12(8-13)17(19)20/h4-8H,9H2,1-3H3. The lowest BCUT2D eigenvalue weighted by molar-refractivity contribution is -0.384. The number of hydrogen-bond donors (Lipinski definition) is 0. The lowest BCUT2D eigenvalue weighted by atomic mass is 10.1. The average molecular weight is 288 g/mol. The van der Waals surface area contributed by atoms with Crippen molar-refractivity contribution in [1.82, 2.24) is 4.57 Å². The molecule has 2 rings (SSSR count). The molecule has 0 fully saturated rings. The molecule has 0 bridgehead atoms. The van der Waals surface area contributed by atoms with Crippen molar-refractivity contribution in [3.05, 3.63) is 57.4 Å². The number of nitrogens with zero attached hydrogens (tertiary/aromatic N) is 2. The molecule has 6 nitrogen and oxygen atoms in total. The first kappa shape index (κ1) is 14.8. The van der Waals surface area contributed by atoms with Crippen LogP contribution < -0.4 is 4.74 Å². The van der Waals surface area contributed by atoms with Crippen molar-refractivity contribution >= 4 is 11.5 Å². The molecule has 0 aliphatic carbocycles. The fourth-order valence-corrected chi connectivity index (χ4v) is 2.05. The summed E-state index contributed by atoms with van der Waals surface area (Å²) in [6.07, 6.45) is 0. The molecule has 0 spiro atoms. The Kier molecular flexibility index (Phi) is 4.07. The number of rotatable bonds is 5. The SMILES string of the molecule is Cc1cc(C(=O)COc2cccc([N+](=O)[O-])c2)c(C)n1C. The van der Waals surface area contributed by atoms with E-state index in [0.717, 1.165) is 11.4 Å². The Morgan fingerprint density at radius 3 is 2.62 bits per heavy atom. The van der Waals surface area contributed by atoms with Gasteiger partial charge >= 0.3 is 0 Å². The van der Waals surface area contributed by atoms with Crippen LogP contribution in [0.5, 0.6) is 5.75 Å². The van der Waals surface area contributed by atoms with E-state index in [0.29, 0.717) is 11.3 Å². The maximum atomic E-state index is 12.2. The molecule has 21 heavy (non-hydrogen) atoms. The first-order chi connectivity index (χ1) is 9.90. The average Bonchev–Trinajstić information content (AvgIpc) is 2.73. The number of ether oxygens (including phenoxy) is 1. The lowest BCUT2D eigenvalue weighted by Gasteiger charge is -2.05. The normalized spacial score (nSPS) is 10.4. The summed E-state index contributed by atoms with van der Waals surface area (Å²) in [5, 5.41) is 10.7. The number of nitro groups is 1. The molecular formula is C15H16N2O4. The maximum absolute atomic E-state index is 12.2. The van der Waals surface area contributed by atoms with Crippen LogP contribution in [0.15, 0.2) is 30.3 Å². The molecule has 0 radical (unpaired) electrons. The summed E-state index contributed by atoms with van der Waals surface area (Å²) in [6, 6.07) is 7.60. The molecule has 0 amide bonds. The van der Waals surface area contributed by atoms with E-state index >= 15 is 0 Å². The third-order valence-electron chi connectivity index (χ3n) is 3.47. The third-order valence-corrected chi connectivity index (χ3v) is 3.47. The molecule has 0 atom stereocenters. The molecule has 2 aromatic rings. The molecule has 0 saturated carbocycles. The fourth-order valence-electron chi connectivity index (χ4n) is 2.05. The van der Waals surface area contributed by atoms with Gasteiger partial charge in [0.25, 0.3) is 5.69 Å². The van der Waals surface area contributed by atoms with Gasteiger partial charge in [-0.05, 0) is 26.0 Å². The summed E-state index contributed by atoms with van der Waals surface area (Å²) in [6.45, 7) is 3.64. The highest BCUT2D eigenvalue weighted by Gasteiger charge is 2.15. The number of Topliss-reactive ketones (excluding diaryl/α,β-unsaturated/α-hetero) is 1. The van der Waals surface area contributed by atoms with Crippen molar-refractivity contribution in [1.29, 1.82) is 0 Å². The number of hydrogen-bond acceptors (Lipinski definition) is 4. The zero-order valence-electron chi connectivity index (χ0n) is 12.1. The maximum Gasteiger partial charge on any atom is 0.273 e.